The summed E-state index contributed by atoms with van der Waals surface area (Å²) in [5.74, 6) is 2.36. The van der Waals surface area contributed by atoms with Gasteiger partial charge in [-0.15, -0.1) is 22.7 Å². The van der Waals surface area contributed by atoms with Gasteiger partial charge in [0, 0.05) is 52.1 Å². The Bertz CT molecular complexity index is 4480. The number of carbonyl (C=O) groups is 2. The van der Waals surface area contributed by atoms with E-state index >= 15 is 0 Å². The van der Waals surface area contributed by atoms with Gasteiger partial charge in [-0.3, -0.25) is 9.80 Å². The maximum Gasteiger partial charge on any atom is 0.410 e. The number of benzene rings is 5. The van der Waals surface area contributed by atoms with E-state index in [1.165, 1.54) is 43.1 Å². The van der Waals surface area contributed by atoms with Crippen LogP contribution < -0.4 is 11.1 Å². The van der Waals surface area contributed by atoms with Crippen LogP contribution in [0.2, 0.25) is 36.3 Å². The van der Waals surface area contributed by atoms with Gasteiger partial charge in [-0.2, -0.15) is 9.97 Å². The number of fused-ring (bicyclic) bond motifs is 3. The van der Waals surface area contributed by atoms with Crippen LogP contribution in [0.5, 0.6) is 0 Å². The van der Waals surface area contributed by atoms with Gasteiger partial charge in [-0.25, -0.2) is 9.59 Å². The van der Waals surface area contributed by atoms with E-state index in [1.807, 2.05) is 107 Å². The standard InChI is InChI=1S/C35H45N3O4SSi.C24H23N3O2S.C23H39N3O4Si/c1-23-28(24-14-11-10-12-15-24)22-30(43-23)32-36-31(37-42-32)27-17-13-16-26-25(27)18-19-29(26)38(33(39)41-34(2,3)4)20-21-40-44(8,9)35(5,6)7;1-15-20(16-6-3-2-4-7-16)14-22(30-15)24-26-23(27-29-24)19-9-5-8-18-17(19)10-11-21(18)25-12-13-28;1-22(2,3)30-21(27)26(14-15-29-31(7,8)23(4,5)6)19-13-12-16-17(19)10-9-11-18(16)20(24)25-28/h10-17,22,29H,18-21H2,1-9H3;2-9,14,21,25,28H,10-13H2,1H3;9-11,19,28H,12-15H2,1-8H3,(H2,24,25)/t29-;21-;19-/m111/s1. The van der Waals surface area contributed by atoms with E-state index in [0.29, 0.717) is 61.8 Å². The van der Waals surface area contributed by atoms with Crippen LogP contribution in [-0.4, -0.2) is 126 Å². The molecule has 4 heterocycles. The number of nitrogens with one attached hydrogen (secondary N) is 1. The highest BCUT2D eigenvalue weighted by atomic mass is 32.1. The third-order valence-electron chi connectivity index (χ3n) is 20.6. The number of aliphatic hydroxyl groups is 1. The van der Waals surface area contributed by atoms with E-state index in [4.69, 9.17) is 53.4 Å². The predicted molar refractivity (Wildman–Crippen MR) is 426 cm³/mol. The molecule has 3 atom stereocenters. The number of nitrogens with zero attached hydrogens (tertiary/aromatic N) is 7. The number of oxime groups is 1. The molecule has 23 heteroatoms. The molecule has 0 aliphatic heterocycles. The zero-order valence-electron chi connectivity index (χ0n) is 64.5. The summed E-state index contributed by atoms with van der Waals surface area (Å²) < 4.78 is 35.9. The Balaban J connectivity index is 0.000000173. The second-order valence-electron chi connectivity index (χ2n) is 32.3. The van der Waals surface area contributed by atoms with Crippen molar-refractivity contribution in [1.29, 1.82) is 0 Å². The first kappa shape index (κ1) is 79.4. The van der Waals surface area contributed by atoms with Crippen LogP contribution >= 0.6 is 22.7 Å². The minimum Gasteiger partial charge on any atom is -0.444 e. The summed E-state index contributed by atoms with van der Waals surface area (Å²) in [6, 6.07) is 43.1. The fraction of sp³-hybridized carbons (Fsp3) is 0.451. The second-order valence-corrected chi connectivity index (χ2v) is 44.4. The number of aromatic nitrogens is 4. The number of hydrogen-bond acceptors (Lipinski definition) is 18. The average Bonchev–Trinajstić information content (AvgIpc) is 1.65. The zero-order valence-corrected chi connectivity index (χ0v) is 68.2. The normalized spacial score (nSPS) is 16.0. The average molecular weight is 1500 g/mol. The Hall–Kier alpha value is -8.14. The van der Waals surface area contributed by atoms with Crippen molar-refractivity contribution in [3.8, 4) is 66.6 Å². The smallest absolute Gasteiger partial charge is 0.410 e. The van der Waals surface area contributed by atoms with Gasteiger partial charge in [0.05, 0.1) is 41.7 Å². The fourth-order valence-electron chi connectivity index (χ4n) is 13.2. The number of nitrogens with two attached hydrogens (primary N) is 1. The summed E-state index contributed by atoms with van der Waals surface area (Å²) in [5, 5.41) is 33.7. The number of carbonyl (C=O) groups excluding carboxylic acids is 2. The van der Waals surface area contributed by atoms with Crippen LogP contribution in [0, 0.1) is 13.8 Å². The molecule has 0 unspecified atom stereocenters. The lowest BCUT2D eigenvalue weighted by atomic mass is 10.0. The molecule has 0 saturated carbocycles. The van der Waals surface area contributed by atoms with Crippen LogP contribution in [0.1, 0.15) is 169 Å². The summed E-state index contributed by atoms with van der Waals surface area (Å²) in [6.45, 7) is 40.3. The van der Waals surface area contributed by atoms with Crippen molar-refractivity contribution in [3.63, 3.8) is 0 Å². The molecule has 12 rings (SSSR count). The Kier molecular flexibility index (Phi) is 24.9. The van der Waals surface area contributed by atoms with Crippen LogP contribution in [0.4, 0.5) is 9.59 Å². The molecule has 105 heavy (non-hydrogen) atoms. The van der Waals surface area contributed by atoms with Crippen LogP contribution in [-0.2, 0) is 37.6 Å². The van der Waals surface area contributed by atoms with Crippen molar-refractivity contribution in [3.05, 3.63) is 176 Å². The Morgan fingerprint density at radius 1 is 0.571 bits per heavy atom. The van der Waals surface area contributed by atoms with E-state index in [-0.39, 0.29) is 52.8 Å². The fourth-order valence-corrected chi connectivity index (χ4v) is 17.2. The summed E-state index contributed by atoms with van der Waals surface area (Å²) in [6.07, 6.45) is 4.41. The molecular weight excluding hydrogens is 1390 g/mol. The van der Waals surface area contributed by atoms with Crippen molar-refractivity contribution in [1.82, 2.24) is 35.4 Å². The lowest BCUT2D eigenvalue weighted by Crippen LogP contribution is -2.45. The maximum atomic E-state index is 13.6. The van der Waals surface area contributed by atoms with Crippen LogP contribution in [0.25, 0.3) is 66.6 Å². The third kappa shape index (κ3) is 19.0. The molecule has 0 bridgehead atoms. The highest BCUT2D eigenvalue weighted by molar-refractivity contribution is 7.16. The van der Waals surface area contributed by atoms with Crippen LogP contribution in [0.3, 0.4) is 0 Å². The van der Waals surface area contributed by atoms with Crippen molar-refractivity contribution >= 4 is 57.3 Å². The van der Waals surface area contributed by atoms with Crippen LogP contribution in [0.15, 0.2) is 142 Å². The first-order chi connectivity index (χ1) is 49.6. The van der Waals surface area contributed by atoms with Crippen molar-refractivity contribution < 1.29 is 47.3 Å². The summed E-state index contributed by atoms with van der Waals surface area (Å²) in [7, 11) is -3.90. The van der Waals surface area contributed by atoms with Gasteiger partial charge in [0.15, 0.2) is 22.5 Å². The minimum atomic E-state index is -1.97. The van der Waals surface area contributed by atoms with E-state index in [9.17, 15) is 9.59 Å². The van der Waals surface area contributed by atoms with Gasteiger partial charge < -0.3 is 48.7 Å². The van der Waals surface area contributed by atoms with Gasteiger partial charge in [0.1, 0.15) is 11.2 Å². The molecule has 4 aromatic heterocycles. The topological polar surface area (TPSA) is 246 Å². The highest BCUT2D eigenvalue weighted by Crippen LogP contribution is 2.46. The predicted octanol–water partition coefficient (Wildman–Crippen LogP) is 19.7. The molecule has 5 N–H and O–H groups in total. The molecule has 3 aliphatic carbocycles. The quantitative estimate of drug-likeness (QED) is 0.0182. The Labute approximate surface area is 630 Å². The second kappa shape index (κ2) is 32.9. The van der Waals surface area contributed by atoms with E-state index in [0.717, 1.165) is 81.7 Å². The van der Waals surface area contributed by atoms with Crippen molar-refractivity contribution in [2.45, 2.75) is 201 Å². The SMILES string of the molecule is CC(C)(C)OC(=O)N(CCO[Si](C)(C)C(C)(C)C)[C@@H]1CCc2c(C(N)=NO)cccc21.Cc1sc(-c2nc(-c3cccc4c3CC[C@H]4N(CCO[Si](C)(C)C(C)(C)C)C(=O)OC(C)(C)C)no2)cc1-c1ccccc1.Cc1sc(-c2nc(-c3cccc4c3CC[C@H]4NCCO)no2)cc1-c1ccccc1. The number of amidine groups is 1. The molecular formula is C82H107N9O10S2Si2. The van der Waals surface area contributed by atoms with Crippen molar-refractivity contribution in [2.24, 2.45) is 10.9 Å². The van der Waals surface area contributed by atoms with E-state index in [2.05, 4.69) is 169 Å². The Morgan fingerprint density at radius 3 is 1.41 bits per heavy atom. The van der Waals surface area contributed by atoms with Gasteiger partial charge in [0.2, 0.25) is 11.6 Å². The monoisotopic (exact) mass is 1500 g/mol. The number of rotatable bonds is 20. The van der Waals surface area contributed by atoms with E-state index < -0.39 is 27.8 Å². The lowest BCUT2D eigenvalue weighted by Gasteiger charge is -2.38. The molecule has 0 fully saturated rings. The van der Waals surface area contributed by atoms with Gasteiger partial charge in [-0.05, 0) is 198 Å². The number of hydrogen-bond donors (Lipinski definition) is 4. The number of amides is 2. The number of aryl methyl sites for hydroxylation is 2. The first-order valence-corrected chi connectivity index (χ1v) is 44.0. The largest absolute Gasteiger partial charge is 0.444 e. The zero-order chi connectivity index (χ0) is 76.0. The molecule has 0 saturated heterocycles. The minimum absolute atomic E-state index is 0.0857. The number of ether oxygens (including phenoxy) is 2. The van der Waals surface area contributed by atoms with E-state index in [1.54, 1.807) is 27.6 Å². The molecule has 560 valence electrons. The van der Waals surface area contributed by atoms with Crippen molar-refractivity contribution in [2.75, 3.05) is 39.5 Å². The molecule has 3 aliphatic rings. The summed E-state index contributed by atoms with van der Waals surface area (Å²) in [5.41, 5.74) is 18.9. The van der Waals surface area contributed by atoms with Gasteiger partial charge in [0.25, 0.3) is 11.8 Å². The first-order valence-electron chi connectivity index (χ1n) is 36.5. The molecule has 19 nitrogen and oxygen atoms in total. The molecule has 2 amide bonds. The summed E-state index contributed by atoms with van der Waals surface area (Å²) >= 11 is 3.33. The molecule has 5 aromatic carbocycles. The Morgan fingerprint density at radius 2 is 0.981 bits per heavy atom. The van der Waals surface area contributed by atoms with Gasteiger partial charge >= 0.3 is 12.2 Å². The number of thiophene rings is 2. The number of aliphatic hydroxyl groups excluding tert-OH is 1. The maximum absolute atomic E-state index is 13.6. The molecule has 9 aromatic rings. The third-order valence-corrected chi connectivity index (χ3v) is 31.8. The molecule has 0 radical (unpaired) electrons. The molecule has 0 spiro atoms. The highest BCUT2D eigenvalue weighted by Gasteiger charge is 2.42. The summed E-state index contributed by atoms with van der Waals surface area (Å²) in [4.78, 5) is 44.3. The lowest BCUT2D eigenvalue weighted by molar-refractivity contribution is 0.0116. The van der Waals surface area contributed by atoms with Gasteiger partial charge in [-0.1, -0.05) is 172 Å².